The standard InChI is InChI=1S/C10H9FN2O2/c11-8-3-1-2-7(6-8)9-4-5-15-13(9)10(12)14/h1-4,6H,5H2,(H2,12,14). The van der Waals surface area contributed by atoms with E-state index in [-0.39, 0.29) is 12.4 Å². The van der Waals surface area contributed by atoms with Gasteiger partial charge in [0.25, 0.3) is 0 Å². The van der Waals surface area contributed by atoms with Crippen LogP contribution in [0, 0.1) is 5.82 Å². The summed E-state index contributed by atoms with van der Waals surface area (Å²) in [4.78, 5) is 15.9. The molecular formula is C10H9FN2O2. The molecular weight excluding hydrogens is 199 g/mol. The lowest BCUT2D eigenvalue weighted by molar-refractivity contribution is -0.0373. The zero-order valence-corrected chi connectivity index (χ0v) is 7.81. The molecule has 1 heterocycles. The third-order valence-corrected chi connectivity index (χ3v) is 2.02. The molecule has 5 heteroatoms. The number of nitrogens with two attached hydrogens (primary N) is 1. The maximum absolute atomic E-state index is 12.9. The van der Waals surface area contributed by atoms with Gasteiger partial charge < -0.3 is 5.73 Å². The number of nitrogens with zero attached hydrogens (tertiary/aromatic N) is 1. The van der Waals surface area contributed by atoms with Crippen molar-refractivity contribution >= 4 is 11.7 Å². The van der Waals surface area contributed by atoms with Gasteiger partial charge >= 0.3 is 6.03 Å². The van der Waals surface area contributed by atoms with Gasteiger partial charge in [0.15, 0.2) is 0 Å². The molecule has 4 nitrogen and oxygen atoms in total. The Morgan fingerprint density at radius 2 is 2.33 bits per heavy atom. The smallest absolute Gasteiger partial charge is 0.343 e. The first-order chi connectivity index (χ1) is 7.18. The molecule has 1 aliphatic heterocycles. The quantitative estimate of drug-likeness (QED) is 0.760. The predicted octanol–water partition coefficient (Wildman–Crippen LogP) is 1.49. The molecule has 0 unspecified atom stereocenters. The van der Waals surface area contributed by atoms with Crippen LogP contribution in [-0.4, -0.2) is 17.7 Å². The van der Waals surface area contributed by atoms with E-state index in [9.17, 15) is 9.18 Å². The SMILES string of the molecule is NC(=O)N1OCC=C1c1cccc(F)c1. The molecule has 0 fully saturated rings. The van der Waals surface area contributed by atoms with E-state index in [1.165, 1.54) is 12.1 Å². The van der Waals surface area contributed by atoms with Crippen molar-refractivity contribution in [3.63, 3.8) is 0 Å². The van der Waals surface area contributed by atoms with Crippen molar-refractivity contribution in [2.75, 3.05) is 6.61 Å². The van der Waals surface area contributed by atoms with Crippen LogP contribution in [0.4, 0.5) is 9.18 Å². The summed E-state index contributed by atoms with van der Waals surface area (Å²) in [6.45, 7) is 0.259. The summed E-state index contributed by atoms with van der Waals surface area (Å²) in [5.74, 6) is -0.371. The van der Waals surface area contributed by atoms with Gasteiger partial charge in [-0.25, -0.2) is 9.18 Å². The summed E-state index contributed by atoms with van der Waals surface area (Å²) >= 11 is 0. The number of urea groups is 1. The average molecular weight is 208 g/mol. The molecule has 1 aromatic rings. The summed E-state index contributed by atoms with van der Waals surface area (Å²) in [5, 5.41) is 0.953. The molecule has 1 aromatic carbocycles. The number of rotatable bonds is 1. The van der Waals surface area contributed by atoms with Crippen molar-refractivity contribution in [2.24, 2.45) is 5.73 Å². The van der Waals surface area contributed by atoms with Gasteiger partial charge in [0.05, 0.1) is 12.3 Å². The van der Waals surface area contributed by atoms with E-state index >= 15 is 0 Å². The second-order valence-electron chi connectivity index (χ2n) is 3.03. The van der Waals surface area contributed by atoms with Crippen LogP contribution in [0.25, 0.3) is 5.70 Å². The lowest BCUT2D eigenvalue weighted by Crippen LogP contribution is -2.31. The largest absolute Gasteiger partial charge is 0.349 e. The molecule has 0 aromatic heterocycles. The minimum absolute atomic E-state index is 0.259. The van der Waals surface area contributed by atoms with E-state index in [2.05, 4.69) is 0 Å². The number of hydrogen-bond donors (Lipinski definition) is 1. The molecule has 0 radical (unpaired) electrons. The van der Waals surface area contributed by atoms with Crippen LogP contribution < -0.4 is 5.73 Å². The second kappa shape index (κ2) is 3.70. The number of carbonyl (C=O) groups excluding carboxylic acids is 1. The summed E-state index contributed by atoms with van der Waals surface area (Å²) in [7, 11) is 0. The number of carbonyl (C=O) groups is 1. The zero-order chi connectivity index (χ0) is 10.8. The fourth-order valence-electron chi connectivity index (χ4n) is 1.41. The molecule has 15 heavy (non-hydrogen) atoms. The van der Waals surface area contributed by atoms with Crippen molar-refractivity contribution < 1.29 is 14.0 Å². The first kappa shape index (κ1) is 9.67. The van der Waals surface area contributed by atoms with E-state index in [4.69, 9.17) is 10.6 Å². The highest BCUT2D eigenvalue weighted by atomic mass is 19.1. The maximum atomic E-state index is 12.9. The summed E-state index contributed by atoms with van der Waals surface area (Å²) in [5.41, 5.74) is 6.13. The maximum Gasteiger partial charge on any atom is 0.343 e. The van der Waals surface area contributed by atoms with Gasteiger partial charge in [-0.1, -0.05) is 12.1 Å². The fraction of sp³-hybridized carbons (Fsp3) is 0.100. The number of amides is 2. The molecule has 0 atom stereocenters. The fourth-order valence-corrected chi connectivity index (χ4v) is 1.41. The van der Waals surface area contributed by atoms with Gasteiger partial charge in [-0.15, -0.1) is 0 Å². The minimum Gasteiger partial charge on any atom is -0.349 e. The van der Waals surface area contributed by atoms with Gasteiger partial charge in [0.2, 0.25) is 0 Å². The highest BCUT2D eigenvalue weighted by molar-refractivity contribution is 5.84. The van der Waals surface area contributed by atoms with Crippen LogP contribution in [0.5, 0.6) is 0 Å². The van der Waals surface area contributed by atoms with Crippen LogP contribution in [0.3, 0.4) is 0 Å². The summed E-state index contributed by atoms with van der Waals surface area (Å²) < 4.78 is 12.9. The average Bonchev–Trinajstić information content (AvgIpc) is 2.65. The molecule has 0 saturated carbocycles. The van der Waals surface area contributed by atoms with E-state index in [0.717, 1.165) is 5.06 Å². The van der Waals surface area contributed by atoms with Gasteiger partial charge in [-0.3, -0.25) is 4.84 Å². The van der Waals surface area contributed by atoms with E-state index in [0.29, 0.717) is 11.3 Å². The molecule has 1 aliphatic rings. The Morgan fingerprint density at radius 1 is 1.53 bits per heavy atom. The van der Waals surface area contributed by atoms with Gasteiger partial charge in [-0.05, 0) is 18.2 Å². The van der Waals surface area contributed by atoms with Crippen LogP contribution in [0.2, 0.25) is 0 Å². The minimum atomic E-state index is -0.719. The first-order valence-corrected chi connectivity index (χ1v) is 4.37. The molecule has 78 valence electrons. The first-order valence-electron chi connectivity index (χ1n) is 4.37. The molecule has 0 bridgehead atoms. The van der Waals surface area contributed by atoms with Crippen molar-refractivity contribution in [3.8, 4) is 0 Å². The third-order valence-electron chi connectivity index (χ3n) is 2.02. The zero-order valence-electron chi connectivity index (χ0n) is 7.81. The molecule has 2 rings (SSSR count). The van der Waals surface area contributed by atoms with Gasteiger partial charge in [0.1, 0.15) is 5.82 Å². The highest BCUT2D eigenvalue weighted by Gasteiger charge is 2.22. The van der Waals surface area contributed by atoms with Crippen molar-refractivity contribution in [1.29, 1.82) is 0 Å². The molecule has 2 N–H and O–H groups in total. The Bertz CT molecular complexity index is 431. The van der Waals surface area contributed by atoms with E-state index in [1.54, 1.807) is 18.2 Å². The Balaban J connectivity index is 2.35. The van der Waals surface area contributed by atoms with Crippen LogP contribution in [-0.2, 0) is 4.84 Å². The summed E-state index contributed by atoms with van der Waals surface area (Å²) in [6.07, 6.45) is 1.67. The molecule has 0 saturated heterocycles. The number of hydroxylamine groups is 2. The Labute approximate surface area is 85.7 Å². The monoisotopic (exact) mass is 208 g/mol. The Hall–Kier alpha value is -1.88. The molecule has 0 aliphatic carbocycles. The lowest BCUT2D eigenvalue weighted by atomic mass is 10.1. The normalized spacial score (nSPS) is 15.3. The topological polar surface area (TPSA) is 55.6 Å². The van der Waals surface area contributed by atoms with Crippen LogP contribution in [0.1, 0.15) is 5.56 Å². The van der Waals surface area contributed by atoms with Crippen LogP contribution >= 0.6 is 0 Å². The van der Waals surface area contributed by atoms with E-state index in [1.807, 2.05) is 0 Å². The molecule has 2 amide bonds. The number of hydrogen-bond acceptors (Lipinski definition) is 2. The van der Waals surface area contributed by atoms with Crippen LogP contribution in [0.15, 0.2) is 30.3 Å². The van der Waals surface area contributed by atoms with Crippen molar-refractivity contribution in [1.82, 2.24) is 5.06 Å². The lowest BCUT2D eigenvalue weighted by Gasteiger charge is -2.15. The van der Waals surface area contributed by atoms with Gasteiger partial charge in [-0.2, -0.15) is 5.06 Å². The van der Waals surface area contributed by atoms with Crippen molar-refractivity contribution in [2.45, 2.75) is 0 Å². The summed E-state index contributed by atoms with van der Waals surface area (Å²) in [6, 6.07) is 5.16. The second-order valence-corrected chi connectivity index (χ2v) is 3.03. The van der Waals surface area contributed by atoms with Crippen molar-refractivity contribution in [3.05, 3.63) is 41.7 Å². The number of halogens is 1. The highest BCUT2D eigenvalue weighted by Crippen LogP contribution is 2.24. The third kappa shape index (κ3) is 1.82. The Morgan fingerprint density at radius 3 is 3.00 bits per heavy atom. The number of primary amides is 1. The molecule has 0 spiro atoms. The number of benzene rings is 1. The van der Waals surface area contributed by atoms with Gasteiger partial charge in [0, 0.05) is 5.56 Å². The van der Waals surface area contributed by atoms with E-state index < -0.39 is 6.03 Å². The Kier molecular flexibility index (Phi) is 2.39. The predicted molar refractivity (Wildman–Crippen MR) is 51.8 cm³/mol.